The third-order valence-corrected chi connectivity index (χ3v) is 6.78. The summed E-state index contributed by atoms with van der Waals surface area (Å²) in [5, 5.41) is 5.58. The van der Waals surface area contributed by atoms with Gasteiger partial charge in [0.15, 0.2) is 23.9 Å². The second-order valence-corrected chi connectivity index (χ2v) is 8.44. The summed E-state index contributed by atoms with van der Waals surface area (Å²) in [7, 11) is 0. The lowest BCUT2D eigenvalue weighted by molar-refractivity contribution is -0.120. The van der Waals surface area contributed by atoms with Gasteiger partial charge in [-0.2, -0.15) is 0 Å². The number of primary amides is 1. The molecule has 1 atom stereocenters. The van der Waals surface area contributed by atoms with Gasteiger partial charge in [-0.05, 0) is 62.9 Å². The fourth-order valence-corrected chi connectivity index (χ4v) is 4.43. The quantitative estimate of drug-likeness (QED) is 0.448. The van der Waals surface area contributed by atoms with Gasteiger partial charge in [-0.15, -0.1) is 0 Å². The molecule has 0 unspecified atom stereocenters. The number of Topliss-reactive ketones (excluding diaryl/α,β-unsaturated/α-hetero) is 1. The molecule has 0 saturated heterocycles. The van der Waals surface area contributed by atoms with Gasteiger partial charge in [-0.1, -0.05) is 30.3 Å². The minimum absolute atomic E-state index is 0.212. The van der Waals surface area contributed by atoms with Crippen molar-refractivity contribution >= 4 is 55.3 Å². The van der Waals surface area contributed by atoms with E-state index in [1.54, 1.807) is 13.0 Å². The molecule has 3 amide bonds. The molecule has 168 valence electrons. The number of halogens is 2. The van der Waals surface area contributed by atoms with Crippen LogP contribution in [-0.4, -0.2) is 30.9 Å². The van der Waals surface area contributed by atoms with Crippen molar-refractivity contribution in [2.45, 2.75) is 19.9 Å². The van der Waals surface area contributed by atoms with Crippen LogP contribution in [0.25, 0.3) is 5.70 Å². The average molecular weight is 567 g/mol. The summed E-state index contributed by atoms with van der Waals surface area (Å²) < 4.78 is 12.2. The summed E-state index contributed by atoms with van der Waals surface area (Å²) in [4.78, 5) is 36.5. The average Bonchev–Trinajstić information content (AvgIpc) is 2.75. The fraction of sp³-hybridized carbons (Fsp3) is 0.227. The maximum Gasteiger partial charge on any atom is 0.320 e. The second kappa shape index (κ2) is 10.2. The molecule has 8 nitrogen and oxygen atoms in total. The third-order valence-electron chi connectivity index (χ3n) is 4.64. The molecule has 0 bridgehead atoms. The zero-order valence-corrected chi connectivity index (χ0v) is 20.5. The zero-order chi connectivity index (χ0) is 23.4. The molecule has 4 N–H and O–H groups in total. The van der Waals surface area contributed by atoms with Gasteiger partial charge >= 0.3 is 6.03 Å². The third kappa shape index (κ3) is 4.97. The smallest absolute Gasteiger partial charge is 0.320 e. The van der Waals surface area contributed by atoms with Gasteiger partial charge in [0.2, 0.25) is 0 Å². The van der Waals surface area contributed by atoms with Crippen LogP contribution >= 0.6 is 31.9 Å². The van der Waals surface area contributed by atoms with Crippen LogP contribution < -0.4 is 25.8 Å². The molecule has 2 aromatic rings. The second-order valence-electron chi connectivity index (χ2n) is 6.85. The monoisotopic (exact) mass is 565 g/mol. The summed E-state index contributed by atoms with van der Waals surface area (Å²) in [6, 6.07) is 9.58. The number of ketones is 1. The number of urea groups is 1. The lowest BCUT2D eigenvalue weighted by Gasteiger charge is -2.31. The number of hydrogen-bond donors (Lipinski definition) is 3. The van der Waals surface area contributed by atoms with Crippen molar-refractivity contribution < 1.29 is 23.9 Å². The number of nitrogens with two attached hydrogens (primary N) is 1. The SMILES string of the molecule is CCOc1cc([C@H]2NC(=O)NC(c3ccccc3)=C2C(C)=O)c(Br)c(Br)c1OCC(N)=O. The van der Waals surface area contributed by atoms with Gasteiger partial charge in [0.25, 0.3) is 5.91 Å². The van der Waals surface area contributed by atoms with E-state index < -0.39 is 18.0 Å². The van der Waals surface area contributed by atoms with Crippen LogP contribution in [0.1, 0.15) is 31.0 Å². The van der Waals surface area contributed by atoms with Gasteiger partial charge in [-0.25, -0.2) is 4.79 Å². The maximum atomic E-state index is 12.7. The highest BCUT2D eigenvalue weighted by atomic mass is 79.9. The van der Waals surface area contributed by atoms with Gasteiger partial charge in [0.1, 0.15) is 0 Å². The minimum Gasteiger partial charge on any atom is -0.490 e. The van der Waals surface area contributed by atoms with Crippen LogP contribution in [0, 0.1) is 0 Å². The Bertz CT molecular complexity index is 1100. The lowest BCUT2D eigenvalue weighted by Crippen LogP contribution is -2.45. The number of nitrogens with one attached hydrogen (secondary N) is 2. The normalized spacial score (nSPS) is 15.6. The van der Waals surface area contributed by atoms with Crippen LogP contribution in [-0.2, 0) is 9.59 Å². The van der Waals surface area contributed by atoms with Gasteiger partial charge in [0, 0.05) is 10.0 Å². The minimum atomic E-state index is -0.772. The Morgan fingerprint density at radius 2 is 1.81 bits per heavy atom. The molecule has 2 aromatic carbocycles. The van der Waals surface area contributed by atoms with E-state index in [0.717, 1.165) is 0 Å². The van der Waals surface area contributed by atoms with E-state index in [1.807, 2.05) is 30.3 Å². The molecule has 0 spiro atoms. The molecule has 1 heterocycles. The molecule has 0 radical (unpaired) electrons. The molecule has 3 rings (SSSR count). The summed E-state index contributed by atoms with van der Waals surface area (Å²) >= 11 is 6.99. The molecule has 0 fully saturated rings. The van der Waals surface area contributed by atoms with Crippen LogP contribution in [0.5, 0.6) is 11.5 Å². The topological polar surface area (TPSA) is 120 Å². The first-order valence-electron chi connectivity index (χ1n) is 9.68. The van der Waals surface area contributed by atoms with Gasteiger partial charge in [-0.3, -0.25) is 9.59 Å². The number of carbonyl (C=O) groups is 3. The molecule has 0 saturated carbocycles. The van der Waals surface area contributed by atoms with Crippen molar-refractivity contribution in [3.05, 3.63) is 62.0 Å². The molecule has 0 aliphatic carbocycles. The zero-order valence-electron chi connectivity index (χ0n) is 17.3. The molecule has 10 heteroatoms. The maximum absolute atomic E-state index is 12.7. The largest absolute Gasteiger partial charge is 0.490 e. The van der Waals surface area contributed by atoms with Crippen molar-refractivity contribution in [3.8, 4) is 11.5 Å². The Balaban J connectivity index is 2.21. The molecule has 1 aliphatic heterocycles. The Morgan fingerprint density at radius 3 is 2.41 bits per heavy atom. The van der Waals surface area contributed by atoms with Crippen LogP contribution in [0.15, 0.2) is 50.9 Å². The highest BCUT2D eigenvalue weighted by Gasteiger charge is 2.34. The Kier molecular flexibility index (Phi) is 7.57. The van der Waals surface area contributed by atoms with E-state index in [4.69, 9.17) is 15.2 Å². The van der Waals surface area contributed by atoms with E-state index in [-0.39, 0.29) is 18.1 Å². The highest BCUT2D eigenvalue weighted by molar-refractivity contribution is 9.13. The first-order valence-corrected chi connectivity index (χ1v) is 11.3. The highest BCUT2D eigenvalue weighted by Crippen LogP contribution is 2.46. The summed E-state index contributed by atoms with van der Waals surface area (Å²) in [6.07, 6.45) is 0. The first kappa shape index (κ1) is 23.8. The first-order chi connectivity index (χ1) is 15.2. The van der Waals surface area contributed by atoms with Crippen LogP contribution in [0.4, 0.5) is 4.79 Å². The van der Waals surface area contributed by atoms with Crippen molar-refractivity contribution in [3.63, 3.8) is 0 Å². The lowest BCUT2D eigenvalue weighted by atomic mass is 9.90. The predicted molar refractivity (Wildman–Crippen MR) is 126 cm³/mol. The van der Waals surface area contributed by atoms with Crippen LogP contribution in [0.3, 0.4) is 0 Å². The van der Waals surface area contributed by atoms with Crippen molar-refractivity contribution in [2.24, 2.45) is 5.73 Å². The summed E-state index contributed by atoms with van der Waals surface area (Å²) in [6.45, 7) is 3.23. The number of rotatable bonds is 8. The Morgan fingerprint density at radius 1 is 1.12 bits per heavy atom. The van der Waals surface area contributed by atoms with Crippen molar-refractivity contribution in [1.82, 2.24) is 10.6 Å². The Labute approximate surface area is 201 Å². The van der Waals surface area contributed by atoms with E-state index in [1.165, 1.54) is 6.92 Å². The molecule has 0 aromatic heterocycles. The number of hydrogen-bond acceptors (Lipinski definition) is 5. The van der Waals surface area contributed by atoms with Crippen molar-refractivity contribution in [1.29, 1.82) is 0 Å². The van der Waals surface area contributed by atoms with E-state index in [9.17, 15) is 14.4 Å². The van der Waals surface area contributed by atoms with Gasteiger partial charge in [0.05, 0.1) is 22.8 Å². The van der Waals surface area contributed by atoms with Crippen LogP contribution in [0.2, 0.25) is 0 Å². The number of amides is 3. The molecule has 32 heavy (non-hydrogen) atoms. The molecular weight excluding hydrogens is 546 g/mol. The fourth-order valence-electron chi connectivity index (χ4n) is 3.36. The molecular formula is C22H21Br2N3O5. The summed E-state index contributed by atoms with van der Waals surface area (Å²) in [5.41, 5.74) is 7.30. The standard InChI is InChI=1S/C22H21Br2N3O5/c1-3-31-14-9-13(17(23)18(24)21(14)32-10-15(25)29)20-16(11(2)28)19(26-22(30)27-20)12-7-5-4-6-8-12/h4-9,20H,3,10H2,1-2H3,(H2,25,29)(H2,26,27,30)/t20-/m1/s1. The van der Waals surface area contributed by atoms with E-state index in [0.29, 0.717) is 43.7 Å². The Hall–Kier alpha value is -2.85. The van der Waals surface area contributed by atoms with E-state index in [2.05, 4.69) is 42.5 Å². The van der Waals surface area contributed by atoms with Gasteiger partial charge < -0.3 is 25.8 Å². The van der Waals surface area contributed by atoms with E-state index >= 15 is 0 Å². The number of ether oxygens (including phenoxy) is 2. The number of benzene rings is 2. The number of carbonyl (C=O) groups excluding carboxylic acids is 3. The predicted octanol–water partition coefficient (Wildman–Crippen LogP) is 3.83. The van der Waals surface area contributed by atoms with Crippen molar-refractivity contribution in [2.75, 3.05) is 13.2 Å². The summed E-state index contributed by atoms with van der Waals surface area (Å²) in [5.74, 6) is -0.246. The molecule has 1 aliphatic rings.